The van der Waals surface area contributed by atoms with Gasteiger partial charge in [-0.3, -0.25) is 4.79 Å². The maximum absolute atomic E-state index is 13.6. The van der Waals surface area contributed by atoms with Gasteiger partial charge < -0.3 is 14.8 Å². The van der Waals surface area contributed by atoms with Crippen molar-refractivity contribution in [1.29, 1.82) is 0 Å². The summed E-state index contributed by atoms with van der Waals surface area (Å²) in [6, 6.07) is 17.2. The first-order chi connectivity index (χ1) is 13.3. The number of hydrogen-bond donors (Lipinski definition) is 1. The number of carbonyl (C=O) groups excluding carboxylic acids is 1. The van der Waals surface area contributed by atoms with Crippen molar-refractivity contribution in [3.05, 3.63) is 65.4 Å². The van der Waals surface area contributed by atoms with Crippen LogP contribution >= 0.6 is 0 Å². The maximum atomic E-state index is 13.6. The Bertz CT molecular complexity index is 1010. The molecule has 0 unspecified atom stereocenters. The van der Waals surface area contributed by atoms with Crippen molar-refractivity contribution in [1.82, 2.24) is 14.8 Å². The number of nitrogens with zero attached hydrogens (tertiary/aromatic N) is 2. The summed E-state index contributed by atoms with van der Waals surface area (Å²) < 4.78 is 2.32. The molecule has 1 N–H and O–H groups in total. The third-order valence-electron chi connectivity index (χ3n) is 6.14. The monoisotopic (exact) mass is 359 g/mol. The van der Waals surface area contributed by atoms with Crippen LogP contribution in [0, 0.1) is 6.92 Å². The third-order valence-corrected chi connectivity index (χ3v) is 6.14. The molecule has 0 saturated carbocycles. The first-order valence-electron chi connectivity index (χ1n) is 9.95. The molecule has 4 heteroatoms. The molecule has 0 radical (unpaired) electrons. The van der Waals surface area contributed by atoms with Gasteiger partial charge in [-0.05, 0) is 50.6 Å². The lowest BCUT2D eigenvalue weighted by Gasteiger charge is -2.37. The van der Waals surface area contributed by atoms with E-state index in [1.807, 2.05) is 6.07 Å². The molecule has 0 aliphatic carbocycles. The van der Waals surface area contributed by atoms with E-state index >= 15 is 0 Å². The van der Waals surface area contributed by atoms with Crippen molar-refractivity contribution in [2.75, 3.05) is 19.6 Å². The van der Waals surface area contributed by atoms with Crippen LogP contribution in [0.4, 0.5) is 0 Å². The minimum Gasteiger partial charge on any atom is -0.335 e. The summed E-state index contributed by atoms with van der Waals surface area (Å²) in [6.07, 6.45) is 3.02. The van der Waals surface area contributed by atoms with E-state index in [4.69, 9.17) is 0 Å². The second-order valence-electron chi connectivity index (χ2n) is 7.69. The summed E-state index contributed by atoms with van der Waals surface area (Å²) in [7, 11) is 0. The summed E-state index contributed by atoms with van der Waals surface area (Å²) in [4.78, 5) is 15.7. The number of hydrogen-bond acceptors (Lipinski definition) is 2. The molecule has 0 atom stereocenters. The first-order valence-corrected chi connectivity index (χ1v) is 9.95. The van der Waals surface area contributed by atoms with Crippen molar-refractivity contribution in [2.24, 2.45) is 0 Å². The number of fused-ring (bicyclic) bond motifs is 3. The molecule has 4 nitrogen and oxygen atoms in total. The number of piperidine rings is 1. The molecule has 3 aromatic rings. The van der Waals surface area contributed by atoms with Gasteiger partial charge in [0.15, 0.2) is 0 Å². The molecule has 2 aromatic carbocycles. The molecule has 1 fully saturated rings. The van der Waals surface area contributed by atoms with Gasteiger partial charge in [-0.2, -0.15) is 0 Å². The molecule has 138 valence electrons. The van der Waals surface area contributed by atoms with Gasteiger partial charge in [0.2, 0.25) is 0 Å². The Balaban J connectivity index is 1.69. The Morgan fingerprint density at radius 1 is 1.00 bits per heavy atom. The molecule has 2 aliphatic rings. The Kier molecular flexibility index (Phi) is 4.01. The van der Waals surface area contributed by atoms with E-state index in [1.165, 1.54) is 16.9 Å². The largest absolute Gasteiger partial charge is 0.335 e. The van der Waals surface area contributed by atoms with Crippen LogP contribution in [0.15, 0.2) is 48.5 Å². The van der Waals surface area contributed by atoms with Crippen LogP contribution in [0.1, 0.15) is 34.5 Å². The molecular weight excluding hydrogens is 334 g/mol. The van der Waals surface area contributed by atoms with Gasteiger partial charge in [-0.1, -0.05) is 36.4 Å². The molecule has 2 aliphatic heterocycles. The molecule has 0 spiro atoms. The fourth-order valence-corrected chi connectivity index (χ4v) is 4.80. The standard InChI is InChI=1S/C23H25N3O/c1-16-6-2-4-8-19(16)26-20-9-5-3-7-18(20)22-21(26)12-15-25(23(22)27)17-10-13-24-14-11-17/h2-9,17,24H,10-15H2,1H3. The molecule has 1 amide bonds. The van der Waals surface area contributed by atoms with Crippen LogP contribution in [0.5, 0.6) is 0 Å². The Hall–Kier alpha value is -2.59. The van der Waals surface area contributed by atoms with Crippen LogP contribution in [-0.2, 0) is 6.42 Å². The molecular formula is C23H25N3O. The summed E-state index contributed by atoms with van der Waals surface area (Å²) in [5.74, 6) is 0.215. The molecule has 27 heavy (non-hydrogen) atoms. The Morgan fingerprint density at radius 3 is 2.56 bits per heavy atom. The zero-order valence-electron chi connectivity index (χ0n) is 15.7. The second-order valence-corrected chi connectivity index (χ2v) is 7.69. The highest BCUT2D eigenvalue weighted by molar-refractivity contribution is 6.10. The number of aromatic nitrogens is 1. The van der Waals surface area contributed by atoms with E-state index in [0.717, 1.165) is 55.4 Å². The summed E-state index contributed by atoms with van der Waals surface area (Å²) in [5, 5.41) is 4.49. The third kappa shape index (κ3) is 2.59. The second kappa shape index (κ2) is 6.54. The average Bonchev–Trinajstić information content (AvgIpc) is 3.04. The van der Waals surface area contributed by atoms with Crippen LogP contribution in [0.3, 0.4) is 0 Å². The van der Waals surface area contributed by atoms with Crippen LogP contribution in [0.25, 0.3) is 16.6 Å². The smallest absolute Gasteiger partial charge is 0.256 e. The number of nitrogens with one attached hydrogen (secondary N) is 1. The average molecular weight is 359 g/mol. The summed E-state index contributed by atoms with van der Waals surface area (Å²) in [5.41, 5.74) is 5.63. The number of benzene rings is 2. The number of amides is 1. The van der Waals surface area contributed by atoms with Crippen molar-refractivity contribution in [2.45, 2.75) is 32.2 Å². The van der Waals surface area contributed by atoms with Crippen molar-refractivity contribution in [3.63, 3.8) is 0 Å². The van der Waals surface area contributed by atoms with Crippen molar-refractivity contribution < 1.29 is 4.79 Å². The molecule has 1 aromatic heterocycles. The van der Waals surface area contributed by atoms with Crippen molar-refractivity contribution >= 4 is 16.8 Å². The first kappa shape index (κ1) is 16.6. The quantitative estimate of drug-likeness (QED) is 0.758. The summed E-state index contributed by atoms with van der Waals surface area (Å²) >= 11 is 0. The van der Waals surface area contributed by atoms with Gasteiger partial charge in [-0.15, -0.1) is 0 Å². The number of para-hydroxylation sites is 2. The van der Waals surface area contributed by atoms with Gasteiger partial charge in [-0.25, -0.2) is 0 Å². The number of carbonyl (C=O) groups is 1. The fraction of sp³-hybridized carbons (Fsp3) is 0.348. The van der Waals surface area contributed by atoms with E-state index in [9.17, 15) is 4.79 Å². The van der Waals surface area contributed by atoms with Gasteiger partial charge in [0.1, 0.15) is 0 Å². The van der Waals surface area contributed by atoms with Gasteiger partial charge >= 0.3 is 0 Å². The van der Waals surface area contributed by atoms with E-state index in [-0.39, 0.29) is 5.91 Å². The van der Waals surface area contributed by atoms with Gasteiger partial charge in [0, 0.05) is 35.8 Å². The minimum atomic E-state index is 0.215. The van der Waals surface area contributed by atoms with Gasteiger partial charge in [0.05, 0.1) is 11.1 Å². The predicted octanol–water partition coefficient (Wildman–Crippen LogP) is 3.69. The molecule has 1 saturated heterocycles. The van der Waals surface area contributed by atoms with E-state index in [2.05, 4.69) is 64.2 Å². The minimum absolute atomic E-state index is 0.215. The molecule has 3 heterocycles. The van der Waals surface area contributed by atoms with Gasteiger partial charge in [0.25, 0.3) is 5.91 Å². The maximum Gasteiger partial charge on any atom is 0.256 e. The van der Waals surface area contributed by atoms with E-state index < -0.39 is 0 Å². The lowest BCUT2D eigenvalue weighted by atomic mass is 9.98. The highest BCUT2D eigenvalue weighted by Crippen LogP contribution is 2.35. The highest BCUT2D eigenvalue weighted by atomic mass is 16.2. The topological polar surface area (TPSA) is 37.3 Å². The zero-order chi connectivity index (χ0) is 18.4. The van der Waals surface area contributed by atoms with E-state index in [1.54, 1.807) is 0 Å². The molecule has 5 rings (SSSR count). The summed E-state index contributed by atoms with van der Waals surface area (Å²) in [6.45, 7) is 4.97. The molecule has 0 bridgehead atoms. The lowest BCUT2D eigenvalue weighted by molar-refractivity contribution is 0.0624. The fourth-order valence-electron chi connectivity index (χ4n) is 4.80. The normalized spacial score (nSPS) is 18.1. The predicted molar refractivity (Wildman–Crippen MR) is 109 cm³/mol. The van der Waals surface area contributed by atoms with Crippen molar-refractivity contribution in [3.8, 4) is 5.69 Å². The van der Waals surface area contributed by atoms with Crippen LogP contribution in [-0.4, -0.2) is 41.1 Å². The number of aryl methyl sites for hydroxylation is 1. The van der Waals surface area contributed by atoms with E-state index in [0.29, 0.717) is 6.04 Å². The van der Waals surface area contributed by atoms with Crippen LogP contribution in [0.2, 0.25) is 0 Å². The Morgan fingerprint density at radius 2 is 1.74 bits per heavy atom. The lowest BCUT2D eigenvalue weighted by Crippen LogP contribution is -2.49. The SMILES string of the molecule is Cc1ccccc1-n1c2c(c3ccccc31)C(=O)N(C1CCNCC1)CC2. The van der Waals surface area contributed by atoms with Crippen LogP contribution < -0.4 is 5.32 Å². The Labute approximate surface area is 159 Å². The number of rotatable bonds is 2. The highest BCUT2D eigenvalue weighted by Gasteiger charge is 2.35. The zero-order valence-corrected chi connectivity index (χ0v) is 15.7.